The van der Waals surface area contributed by atoms with Gasteiger partial charge in [-0.15, -0.1) is 11.3 Å². The molecule has 104 valence electrons. The van der Waals surface area contributed by atoms with Crippen LogP contribution in [0.15, 0.2) is 29.6 Å². The first kappa shape index (κ1) is 14.1. The van der Waals surface area contributed by atoms with Crippen LogP contribution in [0.4, 0.5) is 0 Å². The molecule has 0 saturated heterocycles. The smallest absolute Gasteiger partial charge is 0.144 e. The van der Waals surface area contributed by atoms with Gasteiger partial charge in [0.1, 0.15) is 5.78 Å². The summed E-state index contributed by atoms with van der Waals surface area (Å²) < 4.78 is 0. The van der Waals surface area contributed by atoms with E-state index in [2.05, 4.69) is 11.4 Å². The molecule has 1 nitrogen and oxygen atoms in total. The van der Waals surface area contributed by atoms with Crippen molar-refractivity contribution in [2.45, 2.75) is 31.6 Å². The Kier molecular flexibility index (Phi) is 4.16. The largest absolute Gasteiger partial charge is 0.299 e. The van der Waals surface area contributed by atoms with E-state index in [1.54, 1.807) is 23.5 Å². The van der Waals surface area contributed by atoms with Gasteiger partial charge in [0.2, 0.25) is 0 Å². The van der Waals surface area contributed by atoms with Gasteiger partial charge >= 0.3 is 0 Å². The normalized spacial score (nSPS) is 17.8. The van der Waals surface area contributed by atoms with E-state index in [9.17, 15) is 4.79 Å². The number of aryl methyl sites for hydroxylation is 1. The second kappa shape index (κ2) is 5.88. The van der Waals surface area contributed by atoms with E-state index in [4.69, 9.17) is 23.2 Å². The predicted octanol–water partition coefficient (Wildman–Crippen LogP) is 5.29. The van der Waals surface area contributed by atoms with Crippen LogP contribution < -0.4 is 0 Å². The Bertz CT molecular complexity index is 648. The highest BCUT2D eigenvalue weighted by molar-refractivity contribution is 7.10. The number of hydrogen-bond donors (Lipinski definition) is 0. The summed E-state index contributed by atoms with van der Waals surface area (Å²) in [7, 11) is 0. The quantitative estimate of drug-likeness (QED) is 0.750. The molecule has 0 aliphatic heterocycles. The van der Waals surface area contributed by atoms with Gasteiger partial charge in [-0.05, 0) is 54.0 Å². The SMILES string of the molecule is O=C(Cc1ccc(Cl)cc1Cl)C1CCCc2sccc21. The molecule has 1 unspecified atom stereocenters. The van der Waals surface area contributed by atoms with Crippen LogP contribution in [-0.4, -0.2) is 5.78 Å². The van der Waals surface area contributed by atoms with Crippen LogP contribution in [0.5, 0.6) is 0 Å². The molecular weight excluding hydrogens is 311 g/mol. The number of hydrogen-bond acceptors (Lipinski definition) is 2. The number of halogens is 2. The van der Waals surface area contributed by atoms with Crippen molar-refractivity contribution in [2.24, 2.45) is 0 Å². The molecule has 0 bridgehead atoms. The number of ketones is 1. The molecule has 0 amide bonds. The maximum absolute atomic E-state index is 12.6. The van der Waals surface area contributed by atoms with Gasteiger partial charge in [-0.1, -0.05) is 29.3 Å². The Balaban J connectivity index is 1.81. The minimum atomic E-state index is 0.0387. The van der Waals surface area contributed by atoms with Gasteiger partial charge in [0.25, 0.3) is 0 Å². The van der Waals surface area contributed by atoms with E-state index in [1.165, 1.54) is 10.4 Å². The summed E-state index contributed by atoms with van der Waals surface area (Å²) in [5, 5.41) is 3.27. The molecule has 0 N–H and O–H groups in total. The number of carbonyl (C=O) groups is 1. The molecule has 0 fully saturated rings. The van der Waals surface area contributed by atoms with E-state index in [0.717, 1.165) is 24.8 Å². The predicted molar refractivity (Wildman–Crippen MR) is 85.2 cm³/mol. The monoisotopic (exact) mass is 324 g/mol. The van der Waals surface area contributed by atoms with Crippen molar-refractivity contribution in [1.29, 1.82) is 0 Å². The second-order valence-electron chi connectivity index (χ2n) is 5.12. The highest BCUT2D eigenvalue weighted by Crippen LogP contribution is 2.36. The zero-order valence-electron chi connectivity index (χ0n) is 10.9. The first-order valence-corrected chi connectivity index (χ1v) is 8.31. The summed E-state index contributed by atoms with van der Waals surface area (Å²) in [6.45, 7) is 0. The number of carbonyl (C=O) groups excluding carboxylic acids is 1. The Labute approximate surface area is 132 Å². The van der Waals surface area contributed by atoms with E-state index in [0.29, 0.717) is 16.5 Å². The zero-order chi connectivity index (χ0) is 14.1. The van der Waals surface area contributed by atoms with E-state index in [1.807, 2.05) is 6.07 Å². The standard InChI is InChI=1S/C16H14Cl2OS/c17-11-5-4-10(14(18)9-11)8-15(19)12-2-1-3-16-13(12)6-7-20-16/h4-7,9,12H,1-3,8H2. The van der Waals surface area contributed by atoms with Crippen molar-refractivity contribution in [2.75, 3.05) is 0 Å². The fraction of sp³-hybridized carbons (Fsp3) is 0.312. The molecule has 1 atom stereocenters. The number of Topliss-reactive ketones (excluding diaryl/α,β-unsaturated/α-hetero) is 1. The lowest BCUT2D eigenvalue weighted by Gasteiger charge is -2.21. The molecule has 3 rings (SSSR count). The molecule has 4 heteroatoms. The molecule has 1 aromatic heterocycles. The topological polar surface area (TPSA) is 17.1 Å². The van der Waals surface area contributed by atoms with Crippen molar-refractivity contribution in [3.05, 3.63) is 55.7 Å². The fourth-order valence-corrected chi connectivity index (χ4v) is 4.26. The Hall–Kier alpha value is -0.830. The number of thiophene rings is 1. The summed E-state index contributed by atoms with van der Waals surface area (Å²) >= 11 is 13.8. The summed E-state index contributed by atoms with van der Waals surface area (Å²) in [6.07, 6.45) is 3.54. The van der Waals surface area contributed by atoms with Crippen LogP contribution in [0.1, 0.15) is 34.8 Å². The number of benzene rings is 1. The van der Waals surface area contributed by atoms with E-state index < -0.39 is 0 Å². The molecule has 1 heterocycles. The molecular formula is C16H14Cl2OS. The van der Waals surface area contributed by atoms with Gasteiger partial charge in [-0.2, -0.15) is 0 Å². The lowest BCUT2D eigenvalue weighted by atomic mass is 9.83. The van der Waals surface area contributed by atoms with Crippen LogP contribution in [-0.2, 0) is 17.6 Å². The Morgan fingerprint density at radius 1 is 1.30 bits per heavy atom. The van der Waals surface area contributed by atoms with Crippen molar-refractivity contribution in [1.82, 2.24) is 0 Å². The van der Waals surface area contributed by atoms with E-state index in [-0.39, 0.29) is 11.7 Å². The van der Waals surface area contributed by atoms with Gasteiger partial charge in [0, 0.05) is 27.3 Å². The first-order valence-electron chi connectivity index (χ1n) is 6.68. The van der Waals surface area contributed by atoms with Crippen LogP contribution in [0.3, 0.4) is 0 Å². The lowest BCUT2D eigenvalue weighted by molar-refractivity contribution is -0.120. The van der Waals surface area contributed by atoms with Gasteiger partial charge < -0.3 is 0 Å². The van der Waals surface area contributed by atoms with Crippen LogP contribution in [0.25, 0.3) is 0 Å². The second-order valence-corrected chi connectivity index (χ2v) is 6.97. The third kappa shape index (κ3) is 2.78. The van der Waals surface area contributed by atoms with Gasteiger partial charge in [-0.25, -0.2) is 0 Å². The van der Waals surface area contributed by atoms with Gasteiger partial charge in [0.05, 0.1) is 0 Å². The molecule has 2 aromatic rings. The van der Waals surface area contributed by atoms with Gasteiger partial charge in [0.15, 0.2) is 0 Å². The average Bonchev–Trinajstić information content (AvgIpc) is 2.90. The first-order chi connectivity index (χ1) is 9.65. The highest BCUT2D eigenvalue weighted by atomic mass is 35.5. The van der Waals surface area contributed by atoms with Crippen LogP contribution >= 0.6 is 34.5 Å². The molecule has 1 aliphatic rings. The number of rotatable bonds is 3. The van der Waals surface area contributed by atoms with Crippen molar-refractivity contribution in [3.8, 4) is 0 Å². The fourth-order valence-electron chi connectivity index (χ4n) is 2.80. The summed E-state index contributed by atoms with van der Waals surface area (Å²) in [5.41, 5.74) is 2.10. The average molecular weight is 325 g/mol. The van der Waals surface area contributed by atoms with Crippen molar-refractivity contribution < 1.29 is 4.79 Å². The maximum Gasteiger partial charge on any atom is 0.144 e. The number of fused-ring (bicyclic) bond motifs is 1. The minimum Gasteiger partial charge on any atom is -0.299 e. The van der Waals surface area contributed by atoms with Crippen molar-refractivity contribution in [3.63, 3.8) is 0 Å². The molecule has 0 spiro atoms. The zero-order valence-corrected chi connectivity index (χ0v) is 13.2. The molecule has 0 saturated carbocycles. The third-order valence-corrected chi connectivity index (χ3v) is 5.40. The molecule has 1 aliphatic carbocycles. The molecule has 20 heavy (non-hydrogen) atoms. The third-order valence-electron chi connectivity index (χ3n) is 3.82. The van der Waals surface area contributed by atoms with Crippen LogP contribution in [0, 0.1) is 0 Å². The molecule has 0 radical (unpaired) electrons. The summed E-state index contributed by atoms with van der Waals surface area (Å²) in [4.78, 5) is 14.0. The molecule has 1 aromatic carbocycles. The minimum absolute atomic E-state index is 0.0387. The Morgan fingerprint density at radius 2 is 2.15 bits per heavy atom. The van der Waals surface area contributed by atoms with E-state index >= 15 is 0 Å². The maximum atomic E-state index is 12.6. The lowest BCUT2D eigenvalue weighted by Crippen LogP contribution is -2.19. The van der Waals surface area contributed by atoms with Crippen LogP contribution in [0.2, 0.25) is 10.0 Å². The summed E-state index contributed by atoms with van der Waals surface area (Å²) in [5.74, 6) is 0.297. The Morgan fingerprint density at radius 3 is 2.95 bits per heavy atom. The highest BCUT2D eigenvalue weighted by Gasteiger charge is 2.27. The summed E-state index contributed by atoms with van der Waals surface area (Å²) in [6, 6.07) is 7.43. The van der Waals surface area contributed by atoms with Crippen molar-refractivity contribution >= 4 is 40.3 Å². The van der Waals surface area contributed by atoms with Gasteiger partial charge in [-0.3, -0.25) is 4.79 Å².